The zero-order valence-corrected chi connectivity index (χ0v) is 13.8. The summed E-state index contributed by atoms with van der Waals surface area (Å²) in [6.07, 6.45) is 0. The Labute approximate surface area is 141 Å². The fourth-order valence-corrected chi connectivity index (χ4v) is 3.30. The van der Waals surface area contributed by atoms with Crippen molar-refractivity contribution in [3.05, 3.63) is 54.1 Å². The largest absolute Gasteiger partial charge is 0.382 e. The topological polar surface area (TPSA) is 51.4 Å². The van der Waals surface area contributed by atoms with Crippen LogP contribution in [0.3, 0.4) is 0 Å². The molecule has 2 aromatic carbocycles. The zero-order valence-electron chi connectivity index (χ0n) is 13.8. The van der Waals surface area contributed by atoms with Crippen molar-refractivity contribution in [3.63, 3.8) is 0 Å². The lowest BCUT2D eigenvalue weighted by atomic mass is 9.99. The minimum atomic E-state index is 0.591. The summed E-state index contributed by atoms with van der Waals surface area (Å²) in [4.78, 5) is 6.86. The van der Waals surface area contributed by atoms with E-state index in [9.17, 15) is 0 Å². The molecule has 4 nitrogen and oxygen atoms in total. The summed E-state index contributed by atoms with van der Waals surface area (Å²) in [5.41, 5.74) is 11.9. The maximum Gasteiger partial charge on any atom is 0.147 e. The van der Waals surface area contributed by atoms with Gasteiger partial charge in [0.15, 0.2) is 0 Å². The molecule has 1 fully saturated rings. The first kappa shape index (κ1) is 15.0. The van der Waals surface area contributed by atoms with Crippen molar-refractivity contribution >= 4 is 22.4 Å². The molecule has 4 rings (SSSR count). The number of hydrogen-bond acceptors (Lipinski definition) is 4. The van der Waals surface area contributed by atoms with Gasteiger partial charge < -0.3 is 15.4 Å². The summed E-state index contributed by atoms with van der Waals surface area (Å²) >= 11 is 0. The number of nitrogens with two attached hydrogens (primary N) is 1. The Bertz CT molecular complexity index is 885. The van der Waals surface area contributed by atoms with Crippen LogP contribution in [0.1, 0.15) is 5.56 Å². The Morgan fingerprint density at radius 3 is 2.62 bits per heavy atom. The number of nitrogen functional groups attached to an aromatic ring is 1. The molecule has 0 aliphatic carbocycles. The second kappa shape index (κ2) is 6.13. The van der Waals surface area contributed by atoms with Crippen molar-refractivity contribution in [1.29, 1.82) is 0 Å². The molecule has 0 radical (unpaired) electrons. The van der Waals surface area contributed by atoms with Crippen LogP contribution in [0.5, 0.6) is 0 Å². The normalized spacial score (nSPS) is 15.0. The molecule has 1 saturated heterocycles. The smallest absolute Gasteiger partial charge is 0.147 e. The van der Waals surface area contributed by atoms with Gasteiger partial charge in [0.25, 0.3) is 0 Å². The summed E-state index contributed by atoms with van der Waals surface area (Å²) in [6.45, 7) is 5.32. The van der Waals surface area contributed by atoms with E-state index in [2.05, 4.69) is 65.3 Å². The van der Waals surface area contributed by atoms with Gasteiger partial charge in [0, 0.05) is 18.5 Å². The second-order valence-corrected chi connectivity index (χ2v) is 6.21. The molecular formula is C20H21N3O. The third kappa shape index (κ3) is 2.69. The second-order valence-electron chi connectivity index (χ2n) is 6.21. The number of morpholine rings is 1. The molecule has 0 unspecified atom stereocenters. The van der Waals surface area contributed by atoms with Gasteiger partial charge in [0.1, 0.15) is 5.82 Å². The zero-order chi connectivity index (χ0) is 16.5. The van der Waals surface area contributed by atoms with Gasteiger partial charge in [0.2, 0.25) is 0 Å². The molecule has 0 bridgehead atoms. The summed E-state index contributed by atoms with van der Waals surface area (Å²) in [6, 6.07) is 17.0. The van der Waals surface area contributed by atoms with Crippen molar-refractivity contribution in [1.82, 2.24) is 4.98 Å². The Morgan fingerprint density at radius 1 is 1.04 bits per heavy atom. The lowest BCUT2D eigenvalue weighted by molar-refractivity contribution is 0.123. The number of aromatic nitrogens is 1. The molecule has 0 atom stereocenters. The first-order chi connectivity index (χ1) is 11.7. The number of fused-ring (bicyclic) bond motifs is 1. The Balaban J connectivity index is 1.81. The highest BCUT2D eigenvalue weighted by molar-refractivity contribution is 5.90. The molecule has 3 aromatic rings. The molecule has 0 amide bonds. The highest BCUT2D eigenvalue weighted by Gasteiger charge is 2.15. The number of rotatable bonds is 2. The molecule has 122 valence electrons. The van der Waals surface area contributed by atoms with Crippen LogP contribution < -0.4 is 10.6 Å². The van der Waals surface area contributed by atoms with Gasteiger partial charge in [-0.05, 0) is 41.8 Å². The molecule has 24 heavy (non-hydrogen) atoms. The van der Waals surface area contributed by atoms with Crippen LogP contribution in [-0.2, 0) is 4.74 Å². The first-order valence-electron chi connectivity index (χ1n) is 8.31. The predicted octanol–water partition coefficient (Wildman–Crippen LogP) is 3.63. The van der Waals surface area contributed by atoms with Gasteiger partial charge in [-0.3, -0.25) is 0 Å². The third-order valence-corrected chi connectivity index (χ3v) is 4.63. The van der Waals surface area contributed by atoms with Gasteiger partial charge in [-0.2, -0.15) is 0 Å². The fourth-order valence-electron chi connectivity index (χ4n) is 3.30. The number of aryl methyl sites for hydroxylation is 1. The summed E-state index contributed by atoms with van der Waals surface area (Å²) in [5, 5.41) is 1.12. The summed E-state index contributed by atoms with van der Waals surface area (Å²) in [5.74, 6) is 0.591. The van der Waals surface area contributed by atoms with Gasteiger partial charge in [-0.15, -0.1) is 0 Å². The molecule has 1 aliphatic heterocycles. The van der Waals surface area contributed by atoms with Gasteiger partial charge >= 0.3 is 0 Å². The Kier molecular flexibility index (Phi) is 3.82. The number of nitrogens with zero attached hydrogens (tertiary/aromatic N) is 2. The van der Waals surface area contributed by atoms with Crippen LogP contribution in [0.4, 0.5) is 11.5 Å². The van der Waals surface area contributed by atoms with Crippen LogP contribution >= 0.6 is 0 Å². The molecule has 1 aliphatic rings. The maximum absolute atomic E-state index is 6.20. The molecule has 4 heteroatoms. The number of anilines is 2. The van der Waals surface area contributed by atoms with E-state index in [0.29, 0.717) is 5.82 Å². The third-order valence-electron chi connectivity index (χ3n) is 4.63. The molecular weight excluding hydrogens is 298 g/mol. The van der Waals surface area contributed by atoms with Gasteiger partial charge in [-0.25, -0.2) is 4.98 Å². The van der Waals surface area contributed by atoms with E-state index in [-0.39, 0.29) is 0 Å². The van der Waals surface area contributed by atoms with E-state index in [1.807, 2.05) is 0 Å². The lowest BCUT2D eigenvalue weighted by Crippen LogP contribution is -2.36. The maximum atomic E-state index is 6.20. The number of ether oxygens (including phenoxy) is 1. The van der Waals surface area contributed by atoms with Crippen LogP contribution in [0, 0.1) is 6.92 Å². The fraction of sp³-hybridized carbons (Fsp3) is 0.250. The monoisotopic (exact) mass is 319 g/mol. The van der Waals surface area contributed by atoms with Crippen LogP contribution in [0.2, 0.25) is 0 Å². The lowest BCUT2D eigenvalue weighted by Gasteiger charge is -2.29. The molecule has 1 aromatic heterocycles. The summed E-state index contributed by atoms with van der Waals surface area (Å²) in [7, 11) is 0. The SMILES string of the molecule is Cc1ccccc1-c1ccc2nc(N)c(N3CCOCC3)cc2c1. The van der Waals surface area contributed by atoms with Crippen molar-refractivity contribution in [3.8, 4) is 11.1 Å². The summed E-state index contributed by atoms with van der Waals surface area (Å²) < 4.78 is 5.44. The van der Waals surface area contributed by atoms with Gasteiger partial charge in [0.05, 0.1) is 24.4 Å². The van der Waals surface area contributed by atoms with Crippen molar-refractivity contribution in [2.45, 2.75) is 6.92 Å². The molecule has 2 N–H and O–H groups in total. The minimum Gasteiger partial charge on any atom is -0.382 e. The predicted molar refractivity (Wildman–Crippen MR) is 99.4 cm³/mol. The van der Waals surface area contributed by atoms with E-state index in [0.717, 1.165) is 42.9 Å². The highest BCUT2D eigenvalue weighted by atomic mass is 16.5. The van der Waals surface area contributed by atoms with E-state index in [4.69, 9.17) is 10.5 Å². The van der Waals surface area contributed by atoms with E-state index < -0.39 is 0 Å². The highest BCUT2D eigenvalue weighted by Crippen LogP contribution is 2.31. The van der Waals surface area contributed by atoms with Crippen molar-refractivity contribution < 1.29 is 4.74 Å². The standard InChI is InChI=1S/C20H21N3O/c1-14-4-2-3-5-17(14)15-6-7-18-16(12-15)13-19(20(21)22-18)23-8-10-24-11-9-23/h2-7,12-13H,8-11H2,1H3,(H2,21,22). The number of pyridine rings is 1. The molecule has 0 spiro atoms. The number of hydrogen-bond donors (Lipinski definition) is 1. The van der Waals surface area contributed by atoms with E-state index in [1.165, 1.54) is 16.7 Å². The van der Waals surface area contributed by atoms with E-state index >= 15 is 0 Å². The average molecular weight is 319 g/mol. The first-order valence-corrected chi connectivity index (χ1v) is 8.31. The Hall–Kier alpha value is -2.59. The van der Waals surface area contributed by atoms with E-state index in [1.54, 1.807) is 0 Å². The minimum absolute atomic E-state index is 0.591. The Morgan fingerprint density at radius 2 is 1.83 bits per heavy atom. The van der Waals surface area contributed by atoms with Crippen LogP contribution in [0.25, 0.3) is 22.0 Å². The van der Waals surface area contributed by atoms with Crippen molar-refractivity contribution in [2.75, 3.05) is 36.9 Å². The average Bonchev–Trinajstić information content (AvgIpc) is 2.62. The van der Waals surface area contributed by atoms with Crippen molar-refractivity contribution in [2.24, 2.45) is 0 Å². The number of benzene rings is 2. The molecule has 0 saturated carbocycles. The van der Waals surface area contributed by atoms with Gasteiger partial charge in [-0.1, -0.05) is 30.3 Å². The quantitative estimate of drug-likeness (QED) is 0.783. The van der Waals surface area contributed by atoms with Crippen LogP contribution in [0.15, 0.2) is 48.5 Å². The molecule has 2 heterocycles. The van der Waals surface area contributed by atoms with Crippen LogP contribution in [-0.4, -0.2) is 31.3 Å².